The zero-order chi connectivity index (χ0) is 12.1. The highest BCUT2D eigenvalue weighted by atomic mass is 35.5. The molecule has 86 valence electrons. The Balaban J connectivity index is 2.77. The van der Waals surface area contributed by atoms with Crippen molar-refractivity contribution in [2.75, 3.05) is 6.54 Å². The molecule has 0 saturated heterocycles. The highest BCUT2D eigenvalue weighted by Gasteiger charge is 2.05. The van der Waals surface area contributed by atoms with Crippen molar-refractivity contribution in [2.24, 2.45) is 0 Å². The molecule has 3 nitrogen and oxygen atoms in total. The van der Waals surface area contributed by atoms with Crippen LogP contribution in [0.2, 0.25) is 5.02 Å². The van der Waals surface area contributed by atoms with E-state index in [1.165, 1.54) is 13.0 Å². The van der Waals surface area contributed by atoms with Gasteiger partial charge in [0.25, 0.3) is 0 Å². The minimum Gasteiger partial charge on any atom is -0.506 e. The Hall–Kier alpha value is -1.55. The maximum Gasteiger partial charge on any atom is 0.217 e. The van der Waals surface area contributed by atoms with Crippen LogP contribution in [-0.4, -0.2) is 17.6 Å². The number of benzene rings is 1. The van der Waals surface area contributed by atoms with E-state index in [4.69, 9.17) is 11.6 Å². The second-order valence-corrected chi connectivity index (χ2v) is 3.57. The molecule has 0 unspecified atom stereocenters. The molecule has 0 radical (unpaired) electrons. The number of hydrogen-bond donors (Lipinski definition) is 2. The molecule has 0 fully saturated rings. The molecule has 5 heteroatoms. The molecule has 0 aliphatic rings. The predicted molar refractivity (Wildman–Crippen MR) is 60.8 cm³/mol. The topological polar surface area (TPSA) is 49.3 Å². The number of rotatable bonds is 3. The number of phenolic OH excluding ortho intramolecular Hbond substituents is 1. The molecule has 2 N–H and O–H groups in total. The molecule has 0 aliphatic carbocycles. The van der Waals surface area contributed by atoms with E-state index >= 15 is 0 Å². The van der Waals surface area contributed by atoms with E-state index in [0.717, 1.165) is 12.1 Å². The van der Waals surface area contributed by atoms with E-state index < -0.39 is 5.82 Å². The summed E-state index contributed by atoms with van der Waals surface area (Å²) in [5, 5.41) is 12.0. The summed E-state index contributed by atoms with van der Waals surface area (Å²) >= 11 is 5.59. The Labute approximate surface area is 97.5 Å². The first kappa shape index (κ1) is 12.5. The molecule has 1 aromatic rings. The van der Waals surface area contributed by atoms with E-state index in [2.05, 4.69) is 5.32 Å². The van der Waals surface area contributed by atoms with Crippen molar-refractivity contribution >= 4 is 23.6 Å². The van der Waals surface area contributed by atoms with Gasteiger partial charge in [0.05, 0.1) is 5.02 Å². The summed E-state index contributed by atoms with van der Waals surface area (Å²) in [6, 6.07) is 2.19. The van der Waals surface area contributed by atoms with E-state index in [1.807, 2.05) is 0 Å². The Morgan fingerprint density at radius 3 is 2.94 bits per heavy atom. The van der Waals surface area contributed by atoms with Gasteiger partial charge >= 0.3 is 0 Å². The third kappa shape index (κ3) is 3.55. The number of amides is 1. The van der Waals surface area contributed by atoms with Crippen molar-refractivity contribution in [2.45, 2.75) is 6.92 Å². The predicted octanol–water partition coefficient (Wildman–Crippen LogP) is 2.33. The summed E-state index contributed by atoms with van der Waals surface area (Å²) in [5.74, 6) is -0.865. The molecule has 1 rings (SSSR count). The molecular formula is C11H11ClFNO2. The lowest BCUT2D eigenvalue weighted by atomic mass is 10.2. The van der Waals surface area contributed by atoms with Gasteiger partial charge in [-0.1, -0.05) is 23.8 Å². The number of hydrogen-bond acceptors (Lipinski definition) is 2. The lowest BCUT2D eigenvalue weighted by molar-refractivity contribution is -0.118. The fraction of sp³-hybridized carbons (Fsp3) is 0.182. The van der Waals surface area contributed by atoms with Gasteiger partial charge in [0.1, 0.15) is 11.6 Å². The second kappa shape index (κ2) is 5.51. The van der Waals surface area contributed by atoms with E-state index in [0.29, 0.717) is 6.54 Å². The highest BCUT2D eigenvalue weighted by molar-refractivity contribution is 6.32. The fourth-order valence-corrected chi connectivity index (χ4v) is 1.31. The van der Waals surface area contributed by atoms with Crippen molar-refractivity contribution in [1.29, 1.82) is 0 Å². The van der Waals surface area contributed by atoms with Gasteiger partial charge in [-0.3, -0.25) is 4.79 Å². The van der Waals surface area contributed by atoms with Crippen LogP contribution >= 0.6 is 11.6 Å². The van der Waals surface area contributed by atoms with Gasteiger partial charge in [0.15, 0.2) is 0 Å². The Kier molecular flexibility index (Phi) is 4.31. The second-order valence-electron chi connectivity index (χ2n) is 3.16. The van der Waals surface area contributed by atoms with Crippen molar-refractivity contribution in [3.63, 3.8) is 0 Å². The fourth-order valence-electron chi connectivity index (χ4n) is 1.10. The summed E-state index contributed by atoms with van der Waals surface area (Å²) in [6.07, 6.45) is 3.08. The van der Waals surface area contributed by atoms with Gasteiger partial charge < -0.3 is 10.4 Å². The van der Waals surface area contributed by atoms with Crippen LogP contribution in [-0.2, 0) is 4.79 Å². The molecule has 0 heterocycles. The number of phenols is 1. The van der Waals surface area contributed by atoms with E-state index in [1.54, 1.807) is 6.08 Å². The number of aromatic hydroxyl groups is 1. The van der Waals surface area contributed by atoms with Crippen LogP contribution in [0.1, 0.15) is 12.5 Å². The van der Waals surface area contributed by atoms with Crippen LogP contribution in [0.5, 0.6) is 5.75 Å². The maximum atomic E-state index is 12.9. The minimum atomic E-state index is -0.526. The molecule has 0 saturated carbocycles. The molecular weight excluding hydrogens is 233 g/mol. The Morgan fingerprint density at radius 1 is 1.62 bits per heavy atom. The molecule has 0 aromatic heterocycles. The minimum absolute atomic E-state index is 0.0424. The van der Waals surface area contributed by atoms with Crippen LogP contribution in [0.25, 0.3) is 6.08 Å². The SMILES string of the molecule is CC(=O)NCC=Cc1cc(F)cc(Cl)c1O. The number of nitrogens with one attached hydrogen (secondary N) is 1. The first-order valence-electron chi connectivity index (χ1n) is 4.59. The first-order chi connectivity index (χ1) is 7.50. The van der Waals surface area contributed by atoms with E-state index in [-0.39, 0.29) is 22.2 Å². The largest absolute Gasteiger partial charge is 0.506 e. The summed E-state index contributed by atoms with van der Waals surface area (Å²) in [4.78, 5) is 10.6. The molecule has 0 bridgehead atoms. The lowest BCUT2D eigenvalue weighted by Crippen LogP contribution is -2.19. The summed E-state index contributed by atoms with van der Waals surface area (Å²) < 4.78 is 12.9. The van der Waals surface area contributed by atoms with Gasteiger partial charge in [-0.15, -0.1) is 0 Å². The molecule has 0 aliphatic heterocycles. The normalized spacial score (nSPS) is 10.7. The summed E-state index contributed by atoms with van der Waals surface area (Å²) in [6.45, 7) is 1.70. The van der Waals surface area contributed by atoms with Crippen LogP contribution < -0.4 is 5.32 Å². The molecule has 1 aromatic carbocycles. The van der Waals surface area contributed by atoms with Crippen molar-refractivity contribution in [3.05, 3.63) is 34.6 Å². The zero-order valence-electron chi connectivity index (χ0n) is 8.63. The Morgan fingerprint density at radius 2 is 2.31 bits per heavy atom. The van der Waals surface area contributed by atoms with Crippen LogP contribution in [0.15, 0.2) is 18.2 Å². The van der Waals surface area contributed by atoms with Crippen LogP contribution in [0, 0.1) is 5.82 Å². The summed E-state index contributed by atoms with van der Waals surface area (Å²) in [7, 11) is 0. The van der Waals surface area contributed by atoms with Gasteiger partial charge in [-0.2, -0.15) is 0 Å². The average molecular weight is 244 g/mol. The quantitative estimate of drug-likeness (QED) is 0.856. The molecule has 1 amide bonds. The molecule has 16 heavy (non-hydrogen) atoms. The van der Waals surface area contributed by atoms with Crippen LogP contribution in [0.3, 0.4) is 0 Å². The van der Waals surface area contributed by atoms with Crippen molar-refractivity contribution in [1.82, 2.24) is 5.32 Å². The molecule has 0 spiro atoms. The summed E-state index contributed by atoms with van der Waals surface area (Å²) in [5.41, 5.74) is 0.273. The van der Waals surface area contributed by atoms with Crippen LogP contribution in [0.4, 0.5) is 4.39 Å². The van der Waals surface area contributed by atoms with Gasteiger partial charge in [0, 0.05) is 19.0 Å². The zero-order valence-corrected chi connectivity index (χ0v) is 9.38. The third-order valence-corrected chi connectivity index (χ3v) is 2.11. The maximum absolute atomic E-state index is 12.9. The van der Waals surface area contributed by atoms with Gasteiger partial charge in [-0.25, -0.2) is 4.39 Å². The standard InChI is InChI=1S/C11H11ClFNO2/c1-7(15)14-4-2-3-8-5-9(13)6-10(12)11(8)16/h2-3,5-6,16H,4H2,1H3,(H,14,15). The number of halogens is 2. The van der Waals surface area contributed by atoms with Gasteiger partial charge in [-0.05, 0) is 12.1 Å². The highest BCUT2D eigenvalue weighted by Crippen LogP contribution is 2.29. The Bertz CT molecular complexity index is 432. The van der Waals surface area contributed by atoms with Gasteiger partial charge in [0.2, 0.25) is 5.91 Å². The lowest BCUT2D eigenvalue weighted by Gasteiger charge is -2.02. The smallest absolute Gasteiger partial charge is 0.217 e. The first-order valence-corrected chi connectivity index (χ1v) is 4.97. The van der Waals surface area contributed by atoms with Crippen molar-refractivity contribution in [3.8, 4) is 5.75 Å². The molecule has 0 atom stereocenters. The monoisotopic (exact) mass is 243 g/mol. The number of carbonyl (C=O) groups is 1. The van der Waals surface area contributed by atoms with E-state index in [9.17, 15) is 14.3 Å². The van der Waals surface area contributed by atoms with Crippen molar-refractivity contribution < 1.29 is 14.3 Å². The number of carbonyl (C=O) groups excluding carboxylic acids is 1. The third-order valence-electron chi connectivity index (χ3n) is 1.82. The average Bonchev–Trinajstić information content (AvgIpc) is 2.19.